The molecule has 130 valence electrons. The number of hydrogen-bond donors (Lipinski definition) is 2. The molecule has 0 bridgehead atoms. The van der Waals surface area contributed by atoms with Crippen molar-refractivity contribution in [2.75, 3.05) is 32.2 Å². The summed E-state index contributed by atoms with van der Waals surface area (Å²) in [5.74, 6) is -0.405. The van der Waals surface area contributed by atoms with E-state index in [1.165, 1.54) is 7.11 Å². The van der Waals surface area contributed by atoms with E-state index in [0.717, 1.165) is 19.3 Å². The van der Waals surface area contributed by atoms with E-state index < -0.39 is 5.97 Å². The number of anilines is 1. The van der Waals surface area contributed by atoms with Crippen LogP contribution >= 0.6 is 0 Å². The molecule has 1 spiro atoms. The van der Waals surface area contributed by atoms with E-state index >= 15 is 0 Å². The van der Waals surface area contributed by atoms with Crippen molar-refractivity contribution in [1.82, 2.24) is 5.32 Å². The zero-order valence-corrected chi connectivity index (χ0v) is 13.7. The topological polar surface area (TPSA) is 85.9 Å². The molecule has 2 N–H and O–H groups in total. The summed E-state index contributed by atoms with van der Waals surface area (Å²) in [5, 5.41) is 5.77. The third-order valence-corrected chi connectivity index (χ3v) is 4.46. The van der Waals surface area contributed by atoms with Gasteiger partial charge in [-0.15, -0.1) is 0 Å². The predicted molar refractivity (Wildman–Crippen MR) is 87.1 cm³/mol. The summed E-state index contributed by atoms with van der Waals surface area (Å²) in [4.78, 5) is 23.6. The number of amides is 2. The van der Waals surface area contributed by atoms with Crippen molar-refractivity contribution in [3.8, 4) is 0 Å². The van der Waals surface area contributed by atoms with Crippen LogP contribution in [0.15, 0.2) is 24.3 Å². The van der Waals surface area contributed by atoms with Gasteiger partial charge < -0.3 is 24.8 Å². The fourth-order valence-corrected chi connectivity index (χ4v) is 3.17. The van der Waals surface area contributed by atoms with Gasteiger partial charge in [-0.05, 0) is 37.1 Å². The fraction of sp³-hybridized carbons (Fsp3) is 0.529. The Morgan fingerprint density at radius 2 is 2.04 bits per heavy atom. The normalized spacial score (nSPS) is 26.1. The molecule has 2 amide bonds. The minimum atomic E-state index is -0.405. The Labute approximate surface area is 140 Å². The van der Waals surface area contributed by atoms with Gasteiger partial charge in [0, 0.05) is 31.4 Å². The molecule has 0 aromatic heterocycles. The second kappa shape index (κ2) is 7.19. The Kier molecular flexibility index (Phi) is 5.01. The molecule has 7 heteroatoms. The monoisotopic (exact) mass is 334 g/mol. The summed E-state index contributed by atoms with van der Waals surface area (Å²) in [6, 6.07) is 6.36. The highest BCUT2D eigenvalue weighted by Gasteiger charge is 2.41. The average Bonchev–Trinajstić information content (AvgIpc) is 3.02. The zero-order chi connectivity index (χ0) is 17.0. The molecule has 1 aromatic rings. The smallest absolute Gasteiger partial charge is 0.337 e. The quantitative estimate of drug-likeness (QED) is 0.825. The summed E-state index contributed by atoms with van der Waals surface area (Å²) in [5.41, 5.74) is 0.820. The predicted octanol–water partition coefficient (Wildman–Crippen LogP) is 1.93. The first-order valence-corrected chi connectivity index (χ1v) is 8.08. The fourth-order valence-electron chi connectivity index (χ4n) is 3.17. The largest absolute Gasteiger partial charge is 0.465 e. The number of hydrogen-bond acceptors (Lipinski definition) is 5. The molecule has 2 saturated heterocycles. The van der Waals surface area contributed by atoms with Gasteiger partial charge in [0.25, 0.3) is 0 Å². The molecule has 7 nitrogen and oxygen atoms in total. The number of esters is 1. The Bertz CT molecular complexity index is 596. The van der Waals surface area contributed by atoms with Crippen LogP contribution in [0.3, 0.4) is 0 Å². The van der Waals surface area contributed by atoms with E-state index in [-0.39, 0.29) is 17.7 Å². The summed E-state index contributed by atoms with van der Waals surface area (Å²) in [6.07, 6.45) is 2.43. The van der Waals surface area contributed by atoms with Gasteiger partial charge >= 0.3 is 12.0 Å². The number of benzene rings is 1. The number of ether oxygens (including phenoxy) is 3. The maximum atomic E-state index is 12.2. The number of rotatable bonds is 3. The molecule has 3 rings (SSSR count). The lowest BCUT2D eigenvalue weighted by Crippen LogP contribution is -2.49. The first-order chi connectivity index (χ1) is 11.6. The van der Waals surface area contributed by atoms with Gasteiger partial charge in [0.2, 0.25) is 0 Å². The molecular formula is C17H22N2O5. The maximum absolute atomic E-state index is 12.2. The average molecular weight is 334 g/mol. The van der Waals surface area contributed by atoms with Crippen LogP contribution in [-0.4, -0.2) is 50.6 Å². The van der Waals surface area contributed by atoms with Crippen molar-refractivity contribution >= 4 is 17.7 Å². The zero-order valence-electron chi connectivity index (χ0n) is 13.7. The van der Waals surface area contributed by atoms with Gasteiger partial charge in [0.15, 0.2) is 0 Å². The van der Waals surface area contributed by atoms with Gasteiger partial charge in [-0.3, -0.25) is 0 Å². The van der Waals surface area contributed by atoms with Crippen LogP contribution in [0.2, 0.25) is 0 Å². The molecule has 0 unspecified atom stereocenters. The number of nitrogens with one attached hydrogen (secondary N) is 2. The van der Waals surface area contributed by atoms with Crippen molar-refractivity contribution < 1.29 is 23.8 Å². The minimum Gasteiger partial charge on any atom is -0.465 e. The van der Waals surface area contributed by atoms with E-state index in [9.17, 15) is 9.59 Å². The summed E-state index contributed by atoms with van der Waals surface area (Å²) >= 11 is 0. The van der Waals surface area contributed by atoms with Gasteiger partial charge in [-0.25, -0.2) is 9.59 Å². The molecule has 2 aliphatic heterocycles. The third-order valence-electron chi connectivity index (χ3n) is 4.46. The van der Waals surface area contributed by atoms with Gasteiger partial charge in [-0.2, -0.15) is 0 Å². The second-order valence-corrected chi connectivity index (χ2v) is 6.19. The van der Waals surface area contributed by atoms with Crippen molar-refractivity contribution in [1.29, 1.82) is 0 Å². The van der Waals surface area contributed by atoms with Gasteiger partial charge in [0.1, 0.15) is 0 Å². The van der Waals surface area contributed by atoms with Crippen LogP contribution in [0.5, 0.6) is 0 Å². The highest BCUT2D eigenvalue weighted by Crippen LogP contribution is 2.32. The van der Waals surface area contributed by atoms with Gasteiger partial charge in [-0.1, -0.05) is 0 Å². The van der Waals surface area contributed by atoms with E-state index in [1.54, 1.807) is 24.3 Å². The second-order valence-electron chi connectivity index (χ2n) is 6.19. The summed E-state index contributed by atoms with van der Waals surface area (Å²) in [6.45, 7) is 1.94. The van der Waals surface area contributed by atoms with Crippen molar-refractivity contribution in [2.24, 2.45) is 0 Å². The van der Waals surface area contributed by atoms with Crippen LogP contribution in [0, 0.1) is 0 Å². The molecule has 2 heterocycles. The summed E-state index contributed by atoms with van der Waals surface area (Å²) < 4.78 is 15.9. The third kappa shape index (κ3) is 3.85. The first-order valence-electron chi connectivity index (χ1n) is 8.08. The molecular weight excluding hydrogens is 312 g/mol. The maximum Gasteiger partial charge on any atom is 0.337 e. The summed E-state index contributed by atoms with van der Waals surface area (Å²) in [7, 11) is 1.33. The van der Waals surface area contributed by atoms with Crippen LogP contribution < -0.4 is 10.6 Å². The Hall–Kier alpha value is -2.12. The molecule has 24 heavy (non-hydrogen) atoms. The molecule has 2 fully saturated rings. The molecule has 0 saturated carbocycles. The van der Waals surface area contributed by atoms with Crippen LogP contribution in [0.1, 0.15) is 29.6 Å². The standard InChI is InChI=1S/C17H22N2O5/c1-22-15(20)12-2-4-13(5-3-12)18-16(21)19-14-6-8-24-17(10-14)7-9-23-11-17/h2-5,14H,6-11H2,1H3,(H2,18,19,21)/t14-,17-/m1/s1. The Balaban J connectivity index is 1.52. The minimum absolute atomic E-state index is 0.0646. The van der Waals surface area contributed by atoms with E-state index in [2.05, 4.69) is 15.4 Å². The van der Waals surface area contributed by atoms with E-state index in [4.69, 9.17) is 9.47 Å². The molecule has 1 aromatic carbocycles. The number of urea groups is 1. The molecule has 2 atom stereocenters. The highest BCUT2D eigenvalue weighted by atomic mass is 16.6. The Morgan fingerprint density at radius 3 is 2.71 bits per heavy atom. The van der Waals surface area contributed by atoms with Crippen LogP contribution in [0.4, 0.5) is 10.5 Å². The van der Waals surface area contributed by atoms with E-state index in [0.29, 0.717) is 31.1 Å². The molecule has 2 aliphatic rings. The highest BCUT2D eigenvalue weighted by molar-refractivity contribution is 5.92. The van der Waals surface area contributed by atoms with Crippen LogP contribution in [-0.2, 0) is 14.2 Å². The van der Waals surface area contributed by atoms with Crippen LogP contribution in [0.25, 0.3) is 0 Å². The van der Waals surface area contributed by atoms with Crippen molar-refractivity contribution in [3.63, 3.8) is 0 Å². The van der Waals surface area contributed by atoms with Gasteiger partial charge in [0.05, 0.1) is 24.9 Å². The van der Waals surface area contributed by atoms with Crippen molar-refractivity contribution in [3.05, 3.63) is 29.8 Å². The number of carbonyl (C=O) groups is 2. The molecule has 0 aliphatic carbocycles. The lowest BCUT2D eigenvalue weighted by Gasteiger charge is -2.37. The number of carbonyl (C=O) groups excluding carboxylic acids is 2. The Morgan fingerprint density at radius 1 is 1.25 bits per heavy atom. The molecule has 0 radical (unpaired) electrons. The van der Waals surface area contributed by atoms with E-state index in [1.807, 2.05) is 0 Å². The SMILES string of the molecule is COC(=O)c1ccc(NC(=O)N[C@@H]2CCO[C@]3(CCOC3)C2)cc1. The lowest BCUT2D eigenvalue weighted by molar-refractivity contribution is -0.0877. The first kappa shape index (κ1) is 16.7. The van der Waals surface area contributed by atoms with Crippen molar-refractivity contribution in [2.45, 2.75) is 30.9 Å². The number of methoxy groups -OCH3 is 1. The lowest BCUT2D eigenvalue weighted by atomic mass is 9.90.